The molecular formula is C13H9F3N2O. The monoisotopic (exact) mass is 266 g/mol. The number of nitrogen functional groups attached to an aromatic ring is 1. The summed E-state index contributed by atoms with van der Waals surface area (Å²) in [6.45, 7) is 0. The lowest BCUT2D eigenvalue weighted by atomic mass is 10.1. The minimum Gasteiger partial charge on any atom is -0.399 e. The molecule has 3 N–H and O–H groups in total. The van der Waals surface area contributed by atoms with Gasteiger partial charge in [-0.05, 0) is 30.3 Å². The molecule has 0 bridgehead atoms. The van der Waals surface area contributed by atoms with Crippen LogP contribution in [0.15, 0.2) is 36.4 Å². The topological polar surface area (TPSA) is 55.1 Å². The molecule has 0 unspecified atom stereocenters. The lowest BCUT2D eigenvalue weighted by molar-refractivity contribution is 0.102. The zero-order valence-corrected chi connectivity index (χ0v) is 9.58. The van der Waals surface area contributed by atoms with Gasteiger partial charge in [-0.1, -0.05) is 0 Å². The Labute approximate surface area is 106 Å². The van der Waals surface area contributed by atoms with E-state index in [0.717, 1.165) is 24.3 Å². The number of benzene rings is 2. The number of carbonyl (C=O) groups is 1. The van der Waals surface area contributed by atoms with E-state index in [9.17, 15) is 18.0 Å². The summed E-state index contributed by atoms with van der Waals surface area (Å²) in [5.74, 6) is -3.03. The Kier molecular flexibility index (Phi) is 3.41. The number of rotatable bonds is 2. The number of halogens is 3. The quantitative estimate of drug-likeness (QED) is 0.821. The van der Waals surface area contributed by atoms with Crippen LogP contribution in [0, 0.1) is 17.5 Å². The molecule has 3 nitrogen and oxygen atoms in total. The predicted molar refractivity (Wildman–Crippen MR) is 65.1 cm³/mol. The Hall–Kier alpha value is -2.50. The normalized spacial score (nSPS) is 10.3. The van der Waals surface area contributed by atoms with Crippen molar-refractivity contribution in [2.75, 3.05) is 11.1 Å². The molecule has 0 fully saturated rings. The summed E-state index contributed by atoms with van der Waals surface area (Å²) in [4.78, 5) is 11.8. The average Bonchev–Trinajstić information content (AvgIpc) is 2.25. The molecule has 0 atom stereocenters. The predicted octanol–water partition coefficient (Wildman–Crippen LogP) is 2.94. The van der Waals surface area contributed by atoms with Crippen LogP contribution in [0.3, 0.4) is 0 Å². The Bertz CT molecular complexity index is 603. The highest BCUT2D eigenvalue weighted by molar-refractivity contribution is 6.04. The highest BCUT2D eigenvalue weighted by atomic mass is 19.1. The second-order valence-electron chi connectivity index (χ2n) is 3.89. The van der Waals surface area contributed by atoms with Crippen molar-refractivity contribution >= 4 is 17.3 Å². The number of anilines is 2. The standard InChI is InChI=1S/C13H9F3N2O/c14-8-1-7(2-11(17)4-8)13(19)18-12-5-9(15)3-10(16)6-12/h1-6H,17H2,(H,18,19). The van der Waals surface area contributed by atoms with Gasteiger partial charge >= 0.3 is 0 Å². The van der Waals surface area contributed by atoms with Gasteiger partial charge in [0.15, 0.2) is 0 Å². The zero-order valence-electron chi connectivity index (χ0n) is 9.58. The van der Waals surface area contributed by atoms with Gasteiger partial charge in [0.25, 0.3) is 5.91 Å². The first-order valence-corrected chi connectivity index (χ1v) is 5.27. The van der Waals surface area contributed by atoms with Crippen LogP contribution in [0.1, 0.15) is 10.4 Å². The van der Waals surface area contributed by atoms with Gasteiger partial charge in [0.05, 0.1) is 0 Å². The third-order valence-electron chi connectivity index (χ3n) is 2.30. The fourth-order valence-electron chi connectivity index (χ4n) is 1.57. The summed E-state index contributed by atoms with van der Waals surface area (Å²) < 4.78 is 39.0. The van der Waals surface area contributed by atoms with E-state index in [4.69, 9.17) is 5.73 Å². The summed E-state index contributed by atoms with van der Waals surface area (Å²) in [5.41, 5.74) is 5.37. The molecular weight excluding hydrogens is 257 g/mol. The number of hydrogen-bond donors (Lipinski definition) is 2. The molecule has 0 spiro atoms. The maximum atomic E-state index is 13.1. The van der Waals surface area contributed by atoms with Crippen LogP contribution >= 0.6 is 0 Å². The minimum absolute atomic E-state index is 0.0397. The van der Waals surface area contributed by atoms with E-state index in [1.165, 1.54) is 6.07 Å². The van der Waals surface area contributed by atoms with Crippen LogP contribution < -0.4 is 11.1 Å². The Morgan fingerprint density at radius 3 is 2.05 bits per heavy atom. The summed E-state index contributed by atoms with van der Waals surface area (Å²) in [7, 11) is 0. The average molecular weight is 266 g/mol. The molecule has 98 valence electrons. The van der Waals surface area contributed by atoms with Gasteiger partial charge in [0.1, 0.15) is 17.5 Å². The van der Waals surface area contributed by atoms with Crippen molar-refractivity contribution in [3.05, 3.63) is 59.4 Å². The maximum absolute atomic E-state index is 13.1. The number of carbonyl (C=O) groups excluding carboxylic acids is 1. The van der Waals surface area contributed by atoms with Gasteiger partial charge in [0.2, 0.25) is 0 Å². The third-order valence-corrected chi connectivity index (χ3v) is 2.30. The molecule has 19 heavy (non-hydrogen) atoms. The first kappa shape index (κ1) is 12.9. The van der Waals surface area contributed by atoms with Crippen molar-refractivity contribution in [2.45, 2.75) is 0 Å². The molecule has 2 aromatic rings. The minimum atomic E-state index is -0.825. The molecule has 0 saturated carbocycles. The molecule has 0 heterocycles. The van der Waals surface area contributed by atoms with Gasteiger partial charge in [-0.3, -0.25) is 4.79 Å². The van der Waals surface area contributed by atoms with Crippen LogP contribution in [-0.4, -0.2) is 5.91 Å². The first-order chi connectivity index (χ1) is 8.94. The summed E-state index contributed by atoms with van der Waals surface area (Å²) in [6, 6.07) is 5.86. The van der Waals surface area contributed by atoms with Crippen LogP contribution in [0.4, 0.5) is 24.5 Å². The van der Waals surface area contributed by atoms with E-state index in [-0.39, 0.29) is 16.9 Å². The molecule has 1 amide bonds. The fraction of sp³-hybridized carbons (Fsp3) is 0. The van der Waals surface area contributed by atoms with E-state index < -0.39 is 23.4 Å². The smallest absolute Gasteiger partial charge is 0.255 e. The molecule has 0 aliphatic rings. The van der Waals surface area contributed by atoms with E-state index in [1.54, 1.807) is 0 Å². The number of amides is 1. The van der Waals surface area contributed by atoms with Crippen molar-refractivity contribution < 1.29 is 18.0 Å². The van der Waals surface area contributed by atoms with E-state index in [2.05, 4.69) is 5.32 Å². The van der Waals surface area contributed by atoms with Gasteiger partial charge in [-0.15, -0.1) is 0 Å². The Balaban J connectivity index is 2.25. The second kappa shape index (κ2) is 5.01. The third kappa shape index (κ3) is 3.25. The summed E-state index contributed by atoms with van der Waals surface area (Å²) >= 11 is 0. The van der Waals surface area contributed by atoms with Gasteiger partial charge in [0, 0.05) is 23.0 Å². The van der Waals surface area contributed by atoms with Crippen molar-refractivity contribution in [2.24, 2.45) is 0 Å². The van der Waals surface area contributed by atoms with Crippen LogP contribution in [0.2, 0.25) is 0 Å². The zero-order chi connectivity index (χ0) is 14.0. The lowest BCUT2D eigenvalue weighted by Crippen LogP contribution is -2.13. The first-order valence-electron chi connectivity index (χ1n) is 5.27. The molecule has 6 heteroatoms. The van der Waals surface area contributed by atoms with Crippen molar-refractivity contribution in [3.8, 4) is 0 Å². The Morgan fingerprint density at radius 2 is 1.47 bits per heavy atom. The van der Waals surface area contributed by atoms with Crippen LogP contribution in [0.5, 0.6) is 0 Å². The summed E-state index contributed by atoms with van der Waals surface area (Å²) in [6.07, 6.45) is 0. The molecule has 0 aliphatic carbocycles. The van der Waals surface area contributed by atoms with Crippen molar-refractivity contribution in [1.29, 1.82) is 0 Å². The van der Waals surface area contributed by atoms with Crippen LogP contribution in [0.25, 0.3) is 0 Å². The van der Waals surface area contributed by atoms with Gasteiger partial charge < -0.3 is 11.1 Å². The summed E-state index contributed by atoms with van der Waals surface area (Å²) in [5, 5.41) is 2.25. The lowest BCUT2D eigenvalue weighted by Gasteiger charge is -2.06. The Morgan fingerprint density at radius 1 is 0.895 bits per heavy atom. The van der Waals surface area contributed by atoms with Crippen molar-refractivity contribution in [1.82, 2.24) is 0 Å². The van der Waals surface area contributed by atoms with Gasteiger partial charge in [-0.2, -0.15) is 0 Å². The molecule has 0 aliphatic heterocycles. The van der Waals surface area contributed by atoms with E-state index in [0.29, 0.717) is 6.07 Å². The van der Waals surface area contributed by atoms with Crippen LogP contribution in [-0.2, 0) is 0 Å². The molecule has 0 saturated heterocycles. The molecule has 0 radical (unpaired) electrons. The number of hydrogen-bond acceptors (Lipinski definition) is 2. The number of nitrogens with two attached hydrogens (primary N) is 1. The highest BCUT2D eigenvalue weighted by Crippen LogP contribution is 2.16. The molecule has 0 aromatic heterocycles. The SMILES string of the molecule is Nc1cc(F)cc(C(=O)Nc2cc(F)cc(F)c2)c1. The molecule has 2 rings (SSSR count). The second-order valence-corrected chi connectivity index (χ2v) is 3.89. The van der Waals surface area contributed by atoms with E-state index in [1.807, 2.05) is 0 Å². The number of nitrogens with one attached hydrogen (secondary N) is 1. The largest absolute Gasteiger partial charge is 0.399 e. The molecule has 2 aromatic carbocycles. The maximum Gasteiger partial charge on any atom is 0.255 e. The van der Waals surface area contributed by atoms with Crippen molar-refractivity contribution in [3.63, 3.8) is 0 Å². The van der Waals surface area contributed by atoms with E-state index >= 15 is 0 Å². The van der Waals surface area contributed by atoms with Gasteiger partial charge in [-0.25, -0.2) is 13.2 Å². The highest BCUT2D eigenvalue weighted by Gasteiger charge is 2.10. The fourth-order valence-corrected chi connectivity index (χ4v) is 1.57.